The van der Waals surface area contributed by atoms with Crippen LogP contribution in [0.3, 0.4) is 0 Å². The van der Waals surface area contributed by atoms with Crippen LogP contribution in [0, 0.1) is 4.77 Å². The molecule has 17 heavy (non-hydrogen) atoms. The molecule has 0 aliphatic carbocycles. The maximum atomic E-state index is 11.0. The molecule has 1 aromatic carbocycles. The highest BCUT2D eigenvalue weighted by molar-refractivity contribution is 7.71. The molecular formula is C10H10N4O2S. The Morgan fingerprint density at radius 3 is 2.71 bits per heavy atom. The molecule has 0 unspecified atom stereocenters. The number of phenols is 1. The number of H-pyrrole nitrogens is 1. The second kappa shape index (κ2) is 4.38. The molecule has 0 spiro atoms. The van der Waals surface area contributed by atoms with Crippen LogP contribution in [0.2, 0.25) is 0 Å². The highest BCUT2D eigenvalue weighted by Crippen LogP contribution is 2.19. The fourth-order valence-electron chi connectivity index (χ4n) is 1.36. The predicted molar refractivity (Wildman–Crippen MR) is 64.6 cm³/mol. The van der Waals surface area contributed by atoms with Crippen molar-refractivity contribution in [1.82, 2.24) is 14.9 Å². The fourth-order valence-corrected chi connectivity index (χ4v) is 1.54. The number of aromatic amines is 1. The van der Waals surface area contributed by atoms with Crippen molar-refractivity contribution < 1.29 is 9.90 Å². The Kier molecular flexibility index (Phi) is 2.92. The van der Waals surface area contributed by atoms with Gasteiger partial charge in [-0.15, -0.1) is 0 Å². The van der Waals surface area contributed by atoms with Gasteiger partial charge < -0.3 is 5.11 Å². The quantitative estimate of drug-likeness (QED) is 0.704. The lowest BCUT2D eigenvalue weighted by Gasteiger charge is -2.06. The Morgan fingerprint density at radius 2 is 2.12 bits per heavy atom. The Labute approximate surface area is 102 Å². The number of hydrogen-bond donors (Lipinski definition) is 3. The maximum absolute atomic E-state index is 11.0. The summed E-state index contributed by atoms with van der Waals surface area (Å²) in [6.07, 6.45) is 0. The van der Waals surface area contributed by atoms with E-state index in [-0.39, 0.29) is 11.7 Å². The van der Waals surface area contributed by atoms with Crippen LogP contribution in [0.1, 0.15) is 6.92 Å². The summed E-state index contributed by atoms with van der Waals surface area (Å²) in [7, 11) is 0. The van der Waals surface area contributed by atoms with Gasteiger partial charge in [0.15, 0.2) is 5.82 Å². The van der Waals surface area contributed by atoms with Gasteiger partial charge in [0.25, 0.3) is 0 Å². The molecule has 0 atom stereocenters. The highest BCUT2D eigenvalue weighted by atomic mass is 32.1. The number of carbonyl (C=O) groups excluding carboxylic acids is 1. The van der Waals surface area contributed by atoms with Crippen molar-refractivity contribution in [3.05, 3.63) is 29.0 Å². The van der Waals surface area contributed by atoms with E-state index in [4.69, 9.17) is 12.2 Å². The highest BCUT2D eigenvalue weighted by Gasteiger charge is 2.09. The SMILES string of the molecule is CC(=O)Nn1c(-c2ccc(O)cc2)n[nH]c1=S. The van der Waals surface area contributed by atoms with E-state index in [1.807, 2.05) is 0 Å². The van der Waals surface area contributed by atoms with Gasteiger partial charge in [-0.05, 0) is 36.5 Å². The van der Waals surface area contributed by atoms with Gasteiger partial charge in [0.05, 0.1) is 0 Å². The lowest BCUT2D eigenvalue weighted by molar-refractivity contribution is -0.115. The van der Waals surface area contributed by atoms with Gasteiger partial charge in [0.2, 0.25) is 10.7 Å². The van der Waals surface area contributed by atoms with Crippen molar-refractivity contribution >= 4 is 18.1 Å². The first kappa shape index (κ1) is 11.3. The number of aromatic hydroxyl groups is 1. The molecule has 0 saturated carbocycles. The van der Waals surface area contributed by atoms with E-state index in [1.54, 1.807) is 12.1 Å². The van der Waals surface area contributed by atoms with Gasteiger partial charge in [-0.3, -0.25) is 10.2 Å². The van der Waals surface area contributed by atoms with E-state index in [1.165, 1.54) is 23.7 Å². The van der Waals surface area contributed by atoms with Gasteiger partial charge in [-0.25, -0.2) is 9.77 Å². The average Bonchev–Trinajstić information content (AvgIpc) is 2.61. The summed E-state index contributed by atoms with van der Waals surface area (Å²) >= 11 is 5.00. The second-order valence-corrected chi connectivity index (χ2v) is 3.79. The Hall–Kier alpha value is -2.15. The minimum atomic E-state index is -0.248. The predicted octanol–water partition coefficient (Wildman–Crippen LogP) is 1.40. The lowest BCUT2D eigenvalue weighted by Crippen LogP contribution is -2.20. The molecule has 3 N–H and O–H groups in total. The summed E-state index contributed by atoms with van der Waals surface area (Å²) in [6, 6.07) is 6.42. The second-order valence-electron chi connectivity index (χ2n) is 3.40. The Balaban J connectivity index is 2.48. The summed E-state index contributed by atoms with van der Waals surface area (Å²) in [6.45, 7) is 1.38. The number of amides is 1. The van der Waals surface area contributed by atoms with Crippen LogP contribution in [0.5, 0.6) is 5.75 Å². The maximum Gasteiger partial charge on any atom is 0.235 e. The minimum absolute atomic E-state index is 0.161. The lowest BCUT2D eigenvalue weighted by atomic mass is 10.2. The average molecular weight is 250 g/mol. The molecule has 2 rings (SSSR count). The van der Waals surface area contributed by atoms with E-state index in [2.05, 4.69) is 15.6 Å². The number of rotatable bonds is 2. The van der Waals surface area contributed by atoms with Gasteiger partial charge in [-0.2, -0.15) is 5.10 Å². The van der Waals surface area contributed by atoms with E-state index in [0.29, 0.717) is 10.6 Å². The molecule has 0 fully saturated rings. The van der Waals surface area contributed by atoms with Crippen LogP contribution in [-0.2, 0) is 4.79 Å². The van der Waals surface area contributed by atoms with Crippen LogP contribution in [0.25, 0.3) is 11.4 Å². The number of aromatic nitrogens is 3. The normalized spacial score (nSPS) is 10.2. The van der Waals surface area contributed by atoms with Crippen LogP contribution in [0.15, 0.2) is 24.3 Å². The number of phenolic OH excluding ortho intramolecular Hbond substituents is 1. The molecule has 1 amide bonds. The largest absolute Gasteiger partial charge is 0.508 e. The van der Waals surface area contributed by atoms with E-state index >= 15 is 0 Å². The van der Waals surface area contributed by atoms with Crippen molar-refractivity contribution in [3.63, 3.8) is 0 Å². The number of nitrogens with zero attached hydrogens (tertiary/aromatic N) is 2. The first-order valence-electron chi connectivity index (χ1n) is 4.82. The number of benzene rings is 1. The summed E-state index contributed by atoms with van der Waals surface area (Å²) < 4.78 is 1.67. The molecule has 0 aliphatic heterocycles. The van der Waals surface area contributed by atoms with E-state index in [9.17, 15) is 9.90 Å². The van der Waals surface area contributed by atoms with Crippen molar-refractivity contribution in [2.75, 3.05) is 5.43 Å². The smallest absolute Gasteiger partial charge is 0.235 e. The van der Waals surface area contributed by atoms with Crippen molar-refractivity contribution in [1.29, 1.82) is 0 Å². The summed E-state index contributed by atoms with van der Waals surface area (Å²) in [5.74, 6) is 0.390. The van der Waals surface area contributed by atoms with E-state index < -0.39 is 0 Å². The van der Waals surface area contributed by atoms with Crippen LogP contribution in [-0.4, -0.2) is 25.9 Å². The zero-order valence-corrected chi connectivity index (χ0v) is 9.78. The fraction of sp³-hybridized carbons (Fsp3) is 0.100. The zero-order chi connectivity index (χ0) is 12.4. The number of hydrogen-bond acceptors (Lipinski definition) is 4. The van der Waals surface area contributed by atoms with Crippen LogP contribution >= 0.6 is 12.2 Å². The standard InChI is InChI=1S/C10H10N4O2S/c1-6(15)13-14-9(11-12-10(14)17)7-2-4-8(16)5-3-7/h2-5,16H,1H3,(H,12,17)(H,13,15). The summed E-state index contributed by atoms with van der Waals surface area (Å²) in [5, 5.41) is 15.8. The molecule has 0 bridgehead atoms. The van der Waals surface area contributed by atoms with Crippen LogP contribution in [0.4, 0.5) is 0 Å². The molecule has 7 heteroatoms. The third kappa shape index (κ3) is 2.34. The first-order valence-corrected chi connectivity index (χ1v) is 5.23. The number of carbonyl (C=O) groups is 1. The van der Waals surface area contributed by atoms with Gasteiger partial charge in [0.1, 0.15) is 5.75 Å². The van der Waals surface area contributed by atoms with Crippen molar-refractivity contribution in [2.45, 2.75) is 6.92 Å². The first-order chi connectivity index (χ1) is 8.08. The monoisotopic (exact) mass is 250 g/mol. The molecular weight excluding hydrogens is 240 g/mol. The molecule has 0 radical (unpaired) electrons. The minimum Gasteiger partial charge on any atom is -0.508 e. The molecule has 0 saturated heterocycles. The van der Waals surface area contributed by atoms with Crippen molar-refractivity contribution in [3.8, 4) is 17.1 Å². The molecule has 0 aliphatic rings. The number of nitrogens with one attached hydrogen (secondary N) is 2. The van der Waals surface area contributed by atoms with Gasteiger partial charge >= 0.3 is 0 Å². The summed E-state index contributed by atoms with van der Waals surface area (Å²) in [5.41, 5.74) is 3.28. The van der Waals surface area contributed by atoms with Crippen molar-refractivity contribution in [2.24, 2.45) is 0 Å². The molecule has 2 aromatic rings. The zero-order valence-electron chi connectivity index (χ0n) is 8.97. The molecule has 1 aromatic heterocycles. The van der Waals surface area contributed by atoms with Gasteiger partial charge in [0, 0.05) is 12.5 Å². The molecule has 88 valence electrons. The third-order valence-electron chi connectivity index (χ3n) is 2.07. The molecule has 6 nitrogen and oxygen atoms in total. The topological polar surface area (TPSA) is 82.9 Å². The Bertz CT molecular complexity index is 600. The van der Waals surface area contributed by atoms with Crippen LogP contribution < -0.4 is 5.43 Å². The van der Waals surface area contributed by atoms with Gasteiger partial charge in [-0.1, -0.05) is 0 Å². The third-order valence-corrected chi connectivity index (χ3v) is 2.34. The van der Waals surface area contributed by atoms with E-state index in [0.717, 1.165) is 5.56 Å². The summed E-state index contributed by atoms with van der Waals surface area (Å²) in [4.78, 5) is 11.0. The molecule has 1 heterocycles. The Morgan fingerprint density at radius 1 is 1.47 bits per heavy atom.